The number of carbonyl (C=O) groups excluding carboxylic acids is 1. The van der Waals surface area contributed by atoms with Crippen molar-refractivity contribution in [3.63, 3.8) is 0 Å². The summed E-state index contributed by atoms with van der Waals surface area (Å²) in [7, 11) is 0. The molecule has 1 rings (SSSR count). The Morgan fingerprint density at radius 1 is 1.50 bits per heavy atom. The highest BCUT2D eigenvalue weighted by molar-refractivity contribution is 5.75. The SMILES string of the molecule is O=C(CCC1CCCNC1)NCCOCC(F)F. The summed E-state index contributed by atoms with van der Waals surface area (Å²) in [4.78, 5) is 11.4. The predicted octanol–water partition coefficient (Wildman–Crippen LogP) is 1.16. The van der Waals surface area contributed by atoms with Gasteiger partial charge < -0.3 is 15.4 Å². The molecule has 0 aliphatic carbocycles. The molecule has 106 valence electrons. The Bertz CT molecular complexity index is 234. The average molecular weight is 264 g/mol. The monoisotopic (exact) mass is 264 g/mol. The predicted molar refractivity (Wildman–Crippen MR) is 64.7 cm³/mol. The van der Waals surface area contributed by atoms with Gasteiger partial charge in [0.15, 0.2) is 0 Å². The van der Waals surface area contributed by atoms with Crippen molar-refractivity contribution < 1.29 is 18.3 Å². The van der Waals surface area contributed by atoms with Crippen LogP contribution in [-0.4, -0.2) is 45.2 Å². The summed E-state index contributed by atoms with van der Waals surface area (Å²) in [6, 6.07) is 0. The maximum absolute atomic E-state index is 11.7. The second kappa shape index (κ2) is 9.22. The van der Waals surface area contributed by atoms with E-state index in [2.05, 4.69) is 15.4 Å². The quantitative estimate of drug-likeness (QED) is 0.647. The van der Waals surface area contributed by atoms with Crippen LogP contribution in [0.4, 0.5) is 8.78 Å². The summed E-state index contributed by atoms with van der Waals surface area (Å²) in [5, 5.41) is 5.97. The molecule has 1 saturated heterocycles. The second-order valence-electron chi connectivity index (χ2n) is 4.57. The van der Waals surface area contributed by atoms with Crippen LogP contribution in [0.5, 0.6) is 0 Å². The van der Waals surface area contributed by atoms with Crippen LogP contribution in [0.3, 0.4) is 0 Å². The van der Waals surface area contributed by atoms with Crippen LogP contribution in [0.15, 0.2) is 0 Å². The van der Waals surface area contributed by atoms with E-state index in [1.165, 1.54) is 12.8 Å². The molecule has 0 saturated carbocycles. The number of alkyl halides is 2. The van der Waals surface area contributed by atoms with E-state index in [-0.39, 0.29) is 12.5 Å². The fourth-order valence-corrected chi connectivity index (χ4v) is 2.03. The Morgan fingerprint density at radius 2 is 2.33 bits per heavy atom. The Hall–Kier alpha value is -0.750. The summed E-state index contributed by atoms with van der Waals surface area (Å²) in [6.45, 7) is 1.94. The van der Waals surface area contributed by atoms with Crippen molar-refractivity contribution in [2.45, 2.75) is 32.1 Å². The average Bonchev–Trinajstić information content (AvgIpc) is 2.37. The number of amides is 1. The first-order chi connectivity index (χ1) is 8.68. The van der Waals surface area contributed by atoms with Gasteiger partial charge in [0.05, 0.1) is 6.61 Å². The minimum Gasteiger partial charge on any atom is -0.374 e. The van der Waals surface area contributed by atoms with Crippen LogP contribution >= 0.6 is 0 Å². The number of piperidine rings is 1. The molecular formula is C12H22F2N2O2. The van der Waals surface area contributed by atoms with Gasteiger partial charge in [0.1, 0.15) is 6.61 Å². The molecule has 1 aliphatic rings. The topological polar surface area (TPSA) is 50.4 Å². The Kier molecular flexibility index (Phi) is 7.84. The normalized spacial score (nSPS) is 20.1. The molecule has 18 heavy (non-hydrogen) atoms. The second-order valence-corrected chi connectivity index (χ2v) is 4.57. The third-order valence-electron chi connectivity index (χ3n) is 2.99. The maximum atomic E-state index is 11.7. The van der Waals surface area contributed by atoms with Gasteiger partial charge in [-0.3, -0.25) is 4.79 Å². The highest BCUT2D eigenvalue weighted by atomic mass is 19.3. The first-order valence-corrected chi connectivity index (χ1v) is 6.52. The molecule has 2 N–H and O–H groups in total. The number of ether oxygens (including phenoxy) is 1. The number of halogens is 2. The van der Waals surface area contributed by atoms with Crippen LogP contribution < -0.4 is 10.6 Å². The molecule has 1 aliphatic heterocycles. The fourth-order valence-electron chi connectivity index (χ4n) is 2.03. The Morgan fingerprint density at radius 3 is 3.00 bits per heavy atom. The molecule has 1 amide bonds. The zero-order valence-electron chi connectivity index (χ0n) is 10.6. The zero-order valence-corrected chi connectivity index (χ0v) is 10.6. The van der Waals surface area contributed by atoms with Gasteiger partial charge in [-0.05, 0) is 38.3 Å². The molecule has 0 spiro atoms. The Balaban J connectivity index is 1.93. The van der Waals surface area contributed by atoms with E-state index >= 15 is 0 Å². The lowest BCUT2D eigenvalue weighted by Gasteiger charge is -2.22. The van der Waals surface area contributed by atoms with Crippen molar-refractivity contribution in [2.75, 3.05) is 32.8 Å². The molecule has 1 unspecified atom stereocenters. The first kappa shape index (κ1) is 15.3. The summed E-state index contributed by atoms with van der Waals surface area (Å²) in [6.07, 6.45) is 1.29. The van der Waals surface area contributed by atoms with Crippen LogP contribution in [-0.2, 0) is 9.53 Å². The van der Waals surface area contributed by atoms with E-state index in [0.29, 0.717) is 18.9 Å². The molecular weight excluding hydrogens is 242 g/mol. The maximum Gasteiger partial charge on any atom is 0.261 e. The van der Waals surface area contributed by atoms with Crippen LogP contribution in [0.2, 0.25) is 0 Å². The van der Waals surface area contributed by atoms with Gasteiger partial charge in [0.2, 0.25) is 5.91 Å². The van der Waals surface area contributed by atoms with E-state index < -0.39 is 13.0 Å². The largest absolute Gasteiger partial charge is 0.374 e. The van der Waals surface area contributed by atoms with Crippen molar-refractivity contribution >= 4 is 5.91 Å². The van der Waals surface area contributed by atoms with Gasteiger partial charge in [-0.25, -0.2) is 8.78 Å². The molecule has 1 atom stereocenters. The minimum atomic E-state index is -2.44. The van der Waals surface area contributed by atoms with Crippen molar-refractivity contribution in [3.8, 4) is 0 Å². The number of hydrogen-bond acceptors (Lipinski definition) is 3. The highest BCUT2D eigenvalue weighted by Gasteiger charge is 2.14. The van der Waals surface area contributed by atoms with Gasteiger partial charge >= 0.3 is 0 Å². The van der Waals surface area contributed by atoms with E-state index in [9.17, 15) is 13.6 Å². The summed E-state index contributed by atoms with van der Waals surface area (Å²) < 4.78 is 28.1. The third kappa shape index (κ3) is 7.55. The lowest BCUT2D eigenvalue weighted by Crippen LogP contribution is -2.32. The number of carbonyl (C=O) groups is 1. The fraction of sp³-hybridized carbons (Fsp3) is 0.917. The van der Waals surface area contributed by atoms with E-state index in [4.69, 9.17) is 0 Å². The van der Waals surface area contributed by atoms with Crippen molar-refractivity contribution in [2.24, 2.45) is 5.92 Å². The molecule has 1 fully saturated rings. The van der Waals surface area contributed by atoms with Gasteiger partial charge in [-0.15, -0.1) is 0 Å². The molecule has 0 aromatic carbocycles. The molecule has 0 aromatic rings. The molecule has 4 nitrogen and oxygen atoms in total. The number of rotatable bonds is 8. The molecule has 0 bridgehead atoms. The smallest absolute Gasteiger partial charge is 0.261 e. The van der Waals surface area contributed by atoms with Crippen LogP contribution in [0, 0.1) is 5.92 Å². The summed E-state index contributed by atoms with van der Waals surface area (Å²) in [5.41, 5.74) is 0. The van der Waals surface area contributed by atoms with Gasteiger partial charge in [0.25, 0.3) is 6.43 Å². The van der Waals surface area contributed by atoms with E-state index in [1.807, 2.05) is 0 Å². The number of nitrogens with one attached hydrogen (secondary N) is 2. The first-order valence-electron chi connectivity index (χ1n) is 6.52. The molecule has 0 aromatic heterocycles. The molecule has 6 heteroatoms. The lowest BCUT2D eigenvalue weighted by atomic mass is 9.94. The number of hydrogen-bond donors (Lipinski definition) is 2. The molecule has 0 radical (unpaired) electrons. The van der Waals surface area contributed by atoms with Crippen molar-refractivity contribution in [1.82, 2.24) is 10.6 Å². The standard InChI is InChI=1S/C12H22F2N2O2/c13-11(14)9-18-7-6-16-12(17)4-3-10-2-1-5-15-8-10/h10-11,15H,1-9H2,(H,16,17). The van der Waals surface area contributed by atoms with Crippen LogP contribution in [0.1, 0.15) is 25.7 Å². The van der Waals surface area contributed by atoms with Gasteiger partial charge in [0, 0.05) is 13.0 Å². The van der Waals surface area contributed by atoms with E-state index in [0.717, 1.165) is 19.5 Å². The van der Waals surface area contributed by atoms with Gasteiger partial charge in [-0.2, -0.15) is 0 Å². The molecule has 1 heterocycles. The minimum absolute atomic E-state index is 0.0266. The van der Waals surface area contributed by atoms with Gasteiger partial charge in [-0.1, -0.05) is 0 Å². The summed E-state index contributed by atoms with van der Waals surface area (Å²) >= 11 is 0. The lowest BCUT2D eigenvalue weighted by molar-refractivity contribution is -0.121. The highest BCUT2D eigenvalue weighted by Crippen LogP contribution is 2.15. The zero-order chi connectivity index (χ0) is 13.2. The van der Waals surface area contributed by atoms with Crippen molar-refractivity contribution in [3.05, 3.63) is 0 Å². The summed E-state index contributed by atoms with van der Waals surface area (Å²) in [5.74, 6) is 0.556. The van der Waals surface area contributed by atoms with Crippen LogP contribution in [0.25, 0.3) is 0 Å². The third-order valence-corrected chi connectivity index (χ3v) is 2.99. The van der Waals surface area contributed by atoms with E-state index in [1.54, 1.807) is 0 Å². The Labute approximate surface area is 106 Å². The van der Waals surface area contributed by atoms with Crippen molar-refractivity contribution in [1.29, 1.82) is 0 Å².